The van der Waals surface area contributed by atoms with E-state index < -0.39 is 7.60 Å². The van der Waals surface area contributed by atoms with Crippen molar-refractivity contribution in [1.29, 1.82) is 0 Å². The number of quaternary nitrogens is 1. The van der Waals surface area contributed by atoms with Crippen molar-refractivity contribution in [3.05, 3.63) is 12.2 Å². The van der Waals surface area contributed by atoms with Crippen LogP contribution in [-0.4, -0.2) is 42.9 Å². The predicted octanol–water partition coefficient (Wildman–Crippen LogP) is 7.28. The van der Waals surface area contributed by atoms with Crippen LogP contribution in [0.15, 0.2) is 12.2 Å². The fourth-order valence-electron chi connectivity index (χ4n) is 3.67. The second-order valence-electron chi connectivity index (χ2n) is 8.99. The Morgan fingerprint density at radius 1 is 0.821 bits per heavy atom. The molecule has 0 aliphatic heterocycles. The first-order valence-electron chi connectivity index (χ1n) is 11.7. The third-order valence-corrected chi connectivity index (χ3v) is 7.68. The smallest absolute Gasteiger partial charge is 0.320 e. The molecule has 0 aromatic carbocycles. The minimum absolute atomic E-state index is 0.355. The second kappa shape index (κ2) is 16.6. The lowest BCUT2D eigenvalue weighted by atomic mass is 10.1. The molecular weight excluding hydrogens is 369 g/mol. The summed E-state index contributed by atoms with van der Waals surface area (Å²) in [6, 6.07) is 0. The van der Waals surface area contributed by atoms with E-state index in [1.54, 1.807) is 0 Å². The Kier molecular flexibility index (Phi) is 16.5. The number of unbranched alkanes of at least 4 members (excludes halogenated alkanes) is 11. The predicted molar refractivity (Wildman–Crippen MR) is 123 cm³/mol. The summed E-state index contributed by atoms with van der Waals surface area (Å²) in [6.45, 7) is 4.59. The van der Waals surface area contributed by atoms with E-state index in [1.165, 1.54) is 57.8 Å². The molecule has 0 spiro atoms. The van der Waals surface area contributed by atoms with E-state index in [-0.39, 0.29) is 5.78 Å². The summed E-state index contributed by atoms with van der Waals surface area (Å²) in [5.41, 5.74) is 0. The van der Waals surface area contributed by atoms with Crippen molar-refractivity contribution >= 4 is 7.60 Å². The molecule has 0 heterocycles. The highest BCUT2D eigenvalue weighted by Crippen LogP contribution is 2.51. The SMILES string of the molecule is CCCCCCCCCCC=CCCCCCOP(=O)(O)C(CC)[N+](C)(C)C. The van der Waals surface area contributed by atoms with Gasteiger partial charge in [-0.1, -0.05) is 77.4 Å². The number of nitrogens with zero attached hydrogens (tertiary/aromatic N) is 1. The van der Waals surface area contributed by atoms with Crippen LogP contribution < -0.4 is 0 Å². The monoisotopic (exact) mass is 418 g/mol. The summed E-state index contributed by atoms with van der Waals surface area (Å²) < 4.78 is 18.3. The van der Waals surface area contributed by atoms with E-state index in [9.17, 15) is 9.46 Å². The first-order valence-corrected chi connectivity index (χ1v) is 13.3. The molecule has 5 heteroatoms. The van der Waals surface area contributed by atoms with E-state index in [1.807, 2.05) is 28.1 Å². The summed E-state index contributed by atoms with van der Waals surface area (Å²) in [7, 11) is 2.28. The molecule has 0 radical (unpaired) electrons. The van der Waals surface area contributed by atoms with Gasteiger partial charge in [0, 0.05) is 6.42 Å². The van der Waals surface area contributed by atoms with Crippen LogP contribution in [0, 0.1) is 0 Å². The summed E-state index contributed by atoms with van der Waals surface area (Å²) in [4.78, 5) is 10.2. The third-order valence-electron chi connectivity index (χ3n) is 5.32. The minimum Gasteiger partial charge on any atom is -0.320 e. The fourth-order valence-corrected chi connectivity index (χ4v) is 5.57. The van der Waals surface area contributed by atoms with Crippen LogP contribution in [0.25, 0.3) is 0 Å². The second-order valence-corrected chi connectivity index (χ2v) is 11.0. The maximum Gasteiger partial charge on any atom is 0.385 e. The molecule has 2 atom stereocenters. The maximum absolute atomic E-state index is 12.4. The van der Waals surface area contributed by atoms with Crippen molar-refractivity contribution in [2.75, 3.05) is 27.7 Å². The first-order chi connectivity index (χ1) is 13.3. The highest BCUT2D eigenvalue weighted by molar-refractivity contribution is 7.53. The number of allylic oxidation sites excluding steroid dienone is 2. The largest absolute Gasteiger partial charge is 0.385 e. The molecule has 0 aromatic rings. The molecule has 0 aromatic heterocycles. The highest BCUT2D eigenvalue weighted by Gasteiger charge is 2.41. The fraction of sp³-hybridized carbons (Fsp3) is 0.913. The Balaban J connectivity index is 3.59. The Morgan fingerprint density at radius 2 is 1.29 bits per heavy atom. The zero-order valence-corrected chi connectivity index (χ0v) is 20.4. The molecule has 0 amide bonds. The van der Waals surface area contributed by atoms with Gasteiger partial charge in [0.05, 0.1) is 27.7 Å². The Labute approximate surface area is 175 Å². The summed E-state index contributed by atoms with van der Waals surface area (Å²) in [5.74, 6) is -0.355. The molecule has 0 rings (SSSR count). The molecular formula is C23H49NO3P+. The average molecular weight is 419 g/mol. The van der Waals surface area contributed by atoms with Crippen LogP contribution in [0.2, 0.25) is 0 Å². The Morgan fingerprint density at radius 3 is 1.75 bits per heavy atom. The zero-order valence-electron chi connectivity index (χ0n) is 19.5. The molecule has 0 aliphatic rings. The molecule has 2 unspecified atom stereocenters. The first kappa shape index (κ1) is 27.8. The number of hydrogen-bond acceptors (Lipinski definition) is 2. The van der Waals surface area contributed by atoms with E-state index >= 15 is 0 Å². The lowest BCUT2D eigenvalue weighted by Gasteiger charge is -2.35. The topological polar surface area (TPSA) is 46.5 Å². The van der Waals surface area contributed by atoms with Gasteiger partial charge in [0.15, 0.2) is 5.78 Å². The van der Waals surface area contributed by atoms with Gasteiger partial charge in [0.2, 0.25) is 0 Å². The van der Waals surface area contributed by atoms with Gasteiger partial charge in [-0.25, -0.2) is 0 Å². The minimum atomic E-state index is -3.55. The van der Waals surface area contributed by atoms with Crippen molar-refractivity contribution in [3.63, 3.8) is 0 Å². The molecule has 4 nitrogen and oxygen atoms in total. The van der Waals surface area contributed by atoms with Gasteiger partial charge in [0.25, 0.3) is 0 Å². The van der Waals surface area contributed by atoms with Crippen molar-refractivity contribution in [1.82, 2.24) is 0 Å². The standard InChI is InChI=1S/C23H48NO3P/c1-6-8-9-10-11-12-13-14-15-16-17-18-19-20-21-22-27-28(25,26)23(7-2)24(3,4)5/h16-17,23H,6-15,18-22H2,1-5H3/p+1. The lowest BCUT2D eigenvalue weighted by molar-refractivity contribution is -0.883. The van der Waals surface area contributed by atoms with Gasteiger partial charge >= 0.3 is 7.60 Å². The molecule has 0 saturated carbocycles. The van der Waals surface area contributed by atoms with E-state index in [2.05, 4.69) is 19.1 Å². The summed E-state index contributed by atoms with van der Waals surface area (Å²) in [6.07, 6.45) is 21.6. The van der Waals surface area contributed by atoms with E-state index in [4.69, 9.17) is 4.52 Å². The molecule has 0 fully saturated rings. The van der Waals surface area contributed by atoms with Crippen LogP contribution in [0.1, 0.15) is 104 Å². The van der Waals surface area contributed by atoms with Crippen molar-refractivity contribution in [3.8, 4) is 0 Å². The molecule has 0 bridgehead atoms. The average Bonchev–Trinajstić information content (AvgIpc) is 2.60. The van der Waals surface area contributed by atoms with Crippen molar-refractivity contribution < 1.29 is 18.5 Å². The van der Waals surface area contributed by atoms with Crippen LogP contribution in [0.4, 0.5) is 0 Å². The van der Waals surface area contributed by atoms with Crippen LogP contribution in [0.5, 0.6) is 0 Å². The van der Waals surface area contributed by atoms with Crippen LogP contribution in [-0.2, 0) is 9.09 Å². The zero-order chi connectivity index (χ0) is 21.3. The van der Waals surface area contributed by atoms with E-state index in [0.717, 1.165) is 25.7 Å². The van der Waals surface area contributed by atoms with Gasteiger partial charge in [-0.2, -0.15) is 0 Å². The van der Waals surface area contributed by atoms with Gasteiger partial charge in [0.1, 0.15) is 0 Å². The summed E-state index contributed by atoms with van der Waals surface area (Å²) >= 11 is 0. The van der Waals surface area contributed by atoms with Gasteiger partial charge in [-0.15, -0.1) is 0 Å². The number of hydrogen-bond donors (Lipinski definition) is 1. The van der Waals surface area contributed by atoms with Crippen LogP contribution in [0.3, 0.4) is 0 Å². The van der Waals surface area contributed by atoms with E-state index in [0.29, 0.717) is 17.5 Å². The van der Waals surface area contributed by atoms with Gasteiger partial charge in [-0.05, 0) is 32.1 Å². The van der Waals surface area contributed by atoms with Crippen LogP contribution >= 0.6 is 7.60 Å². The Hall–Kier alpha value is -0.150. The normalized spacial score (nSPS) is 15.8. The highest BCUT2D eigenvalue weighted by atomic mass is 31.2. The van der Waals surface area contributed by atoms with Crippen molar-refractivity contribution in [2.24, 2.45) is 0 Å². The quantitative estimate of drug-likeness (QED) is 0.104. The third kappa shape index (κ3) is 14.8. The number of rotatable bonds is 19. The lowest BCUT2D eigenvalue weighted by Crippen LogP contribution is -2.44. The Bertz CT molecular complexity index is 432. The molecule has 1 N–H and O–H groups in total. The molecule has 0 aliphatic carbocycles. The molecule has 0 saturated heterocycles. The molecule has 28 heavy (non-hydrogen) atoms. The van der Waals surface area contributed by atoms with Gasteiger partial charge in [-0.3, -0.25) is 4.57 Å². The van der Waals surface area contributed by atoms with Crippen molar-refractivity contribution in [2.45, 2.75) is 110 Å². The molecule has 168 valence electrons. The van der Waals surface area contributed by atoms with Gasteiger partial charge < -0.3 is 13.9 Å². The maximum atomic E-state index is 12.4. The summed E-state index contributed by atoms with van der Waals surface area (Å²) in [5, 5.41) is 0.